The molecular formula is C8H7ClO2. The van der Waals surface area contributed by atoms with E-state index in [4.69, 9.17) is 11.6 Å². The van der Waals surface area contributed by atoms with Crippen LogP contribution in [-0.2, 0) is 9.59 Å². The molecule has 0 atom stereocenters. The number of ketones is 2. The van der Waals surface area contributed by atoms with E-state index in [2.05, 4.69) is 0 Å². The zero-order chi connectivity index (χ0) is 8.59. The van der Waals surface area contributed by atoms with Crippen molar-refractivity contribution in [1.82, 2.24) is 0 Å². The van der Waals surface area contributed by atoms with E-state index < -0.39 is 0 Å². The molecule has 1 aliphatic carbocycles. The van der Waals surface area contributed by atoms with Gasteiger partial charge in [-0.2, -0.15) is 0 Å². The number of carbonyl (C=O) groups excluding carboxylic acids is 2. The topological polar surface area (TPSA) is 34.1 Å². The minimum Gasteiger partial charge on any atom is -0.290 e. The molecule has 0 aromatic heterocycles. The van der Waals surface area contributed by atoms with Crippen molar-refractivity contribution in [2.45, 2.75) is 13.8 Å². The van der Waals surface area contributed by atoms with Crippen LogP contribution in [0.15, 0.2) is 22.3 Å². The molecule has 0 aliphatic heterocycles. The standard InChI is InChI=1S/C8H7ClO2/c1-4-5(2)8(11)6(9)3-7(4)10/h3H,1-2H3. The van der Waals surface area contributed by atoms with Crippen molar-refractivity contribution >= 4 is 23.2 Å². The van der Waals surface area contributed by atoms with Gasteiger partial charge >= 0.3 is 0 Å². The normalized spacial score (nSPS) is 19.0. The smallest absolute Gasteiger partial charge is 0.200 e. The Balaban J connectivity index is 3.19. The first-order valence-corrected chi connectivity index (χ1v) is 3.55. The van der Waals surface area contributed by atoms with Gasteiger partial charge in [0.25, 0.3) is 0 Å². The van der Waals surface area contributed by atoms with Gasteiger partial charge in [-0.05, 0) is 13.8 Å². The van der Waals surface area contributed by atoms with Crippen molar-refractivity contribution in [1.29, 1.82) is 0 Å². The van der Waals surface area contributed by atoms with Crippen LogP contribution in [0.5, 0.6) is 0 Å². The fourth-order valence-electron chi connectivity index (χ4n) is 0.823. The molecule has 0 heterocycles. The quantitative estimate of drug-likeness (QED) is 0.518. The number of Topliss-reactive ketones (excluding diaryl/α,β-unsaturated/α-hetero) is 1. The van der Waals surface area contributed by atoms with Gasteiger partial charge in [0.1, 0.15) is 0 Å². The highest BCUT2D eigenvalue weighted by Crippen LogP contribution is 2.20. The summed E-state index contributed by atoms with van der Waals surface area (Å²) in [5.41, 5.74) is 0.932. The van der Waals surface area contributed by atoms with E-state index in [1.807, 2.05) is 0 Å². The molecule has 0 N–H and O–H groups in total. The van der Waals surface area contributed by atoms with Crippen LogP contribution in [0.1, 0.15) is 13.8 Å². The van der Waals surface area contributed by atoms with Gasteiger partial charge in [-0.1, -0.05) is 11.6 Å². The number of hydrogen-bond donors (Lipinski definition) is 0. The van der Waals surface area contributed by atoms with Crippen molar-refractivity contribution in [2.24, 2.45) is 0 Å². The van der Waals surface area contributed by atoms with Crippen LogP contribution >= 0.6 is 11.6 Å². The van der Waals surface area contributed by atoms with Crippen LogP contribution in [0.3, 0.4) is 0 Å². The Morgan fingerprint density at radius 2 is 1.73 bits per heavy atom. The van der Waals surface area contributed by atoms with Gasteiger partial charge in [0.15, 0.2) is 5.78 Å². The number of rotatable bonds is 0. The van der Waals surface area contributed by atoms with Crippen LogP contribution in [0.2, 0.25) is 0 Å². The minimum atomic E-state index is -0.247. The Kier molecular flexibility index (Phi) is 1.96. The van der Waals surface area contributed by atoms with Crippen LogP contribution in [0.25, 0.3) is 0 Å². The predicted octanol–water partition coefficient (Wildman–Crippen LogP) is 1.60. The summed E-state index contributed by atoms with van der Waals surface area (Å²) in [5.74, 6) is -0.420. The van der Waals surface area contributed by atoms with Gasteiger partial charge in [-0.3, -0.25) is 9.59 Å². The van der Waals surface area contributed by atoms with Crippen LogP contribution in [-0.4, -0.2) is 11.6 Å². The molecule has 0 amide bonds. The molecule has 0 saturated carbocycles. The second-order valence-corrected chi connectivity index (χ2v) is 2.84. The molecule has 1 rings (SSSR count). The molecule has 11 heavy (non-hydrogen) atoms. The van der Waals surface area contributed by atoms with E-state index in [0.29, 0.717) is 11.1 Å². The second-order valence-electron chi connectivity index (χ2n) is 2.44. The molecule has 1 aliphatic rings. The Labute approximate surface area is 69.5 Å². The number of allylic oxidation sites excluding steroid dienone is 4. The van der Waals surface area contributed by atoms with Crippen molar-refractivity contribution in [3.8, 4) is 0 Å². The average Bonchev–Trinajstić information content (AvgIpc) is 1.97. The Bertz CT molecular complexity index is 297. The monoisotopic (exact) mass is 170 g/mol. The van der Waals surface area contributed by atoms with E-state index in [-0.39, 0.29) is 16.6 Å². The lowest BCUT2D eigenvalue weighted by molar-refractivity contribution is -0.115. The average molecular weight is 171 g/mol. The maximum absolute atomic E-state index is 11.1. The zero-order valence-electron chi connectivity index (χ0n) is 6.27. The lowest BCUT2D eigenvalue weighted by atomic mass is 9.97. The van der Waals surface area contributed by atoms with E-state index in [9.17, 15) is 9.59 Å². The first kappa shape index (κ1) is 8.21. The highest BCUT2D eigenvalue weighted by molar-refractivity contribution is 6.48. The minimum absolute atomic E-state index is 0.0121. The van der Waals surface area contributed by atoms with Crippen molar-refractivity contribution in [2.75, 3.05) is 0 Å². The summed E-state index contributed by atoms with van der Waals surface area (Å²) >= 11 is 5.48. The fourth-order valence-corrected chi connectivity index (χ4v) is 1.06. The van der Waals surface area contributed by atoms with Gasteiger partial charge in [0.05, 0.1) is 5.03 Å². The number of carbonyl (C=O) groups is 2. The Morgan fingerprint density at radius 1 is 1.18 bits per heavy atom. The summed E-state index contributed by atoms with van der Waals surface area (Å²) < 4.78 is 0. The number of hydrogen-bond acceptors (Lipinski definition) is 2. The van der Waals surface area contributed by atoms with E-state index in [1.54, 1.807) is 13.8 Å². The molecule has 0 aromatic carbocycles. The summed E-state index contributed by atoms with van der Waals surface area (Å²) in [6.07, 6.45) is 1.16. The summed E-state index contributed by atoms with van der Waals surface area (Å²) in [7, 11) is 0. The highest BCUT2D eigenvalue weighted by Gasteiger charge is 2.20. The highest BCUT2D eigenvalue weighted by atomic mass is 35.5. The van der Waals surface area contributed by atoms with Crippen LogP contribution < -0.4 is 0 Å². The van der Waals surface area contributed by atoms with E-state index >= 15 is 0 Å². The van der Waals surface area contributed by atoms with Gasteiger partial charge in [-0.25, -0.2) is 0 Å². The second kappa shape index (κ2) is 2.62. The third kappa shape index (κ3) is 1.26. The van der Waals surface area contributed by atoms with Crippen molar-refractivity contribution in [3.63, 3.8) is 0 Å². The molecular weight excluding hydrogens is 164 g/mol. The van der Waals surface area contributed by atoms with Crippen molar-refractivity contribution in [3.05, 3.63) is 22.3 Å². The van der Waals surface area contributed by atoms with Gasteiger partial charge in [-0.15, -0.1) is 0 Å². The summed E-state index contributed by atoms with van der Waals surface area (Å²) in [5, 5.41) is 0.0121. The molecule has 3 heteroatoms. The first-order chi connectivity index (χ1) is 5.04. The molecule has 0 saturated heterocycles. The predicted molar refractivity (Wildman–Crippen MR) is 42.3 cm³/mol. The molecule has 0 unspecified atom stereocenters. The van der Waals surface area contributed by atoms with E-state index in [1.165, 1.54) is 0 Å². The zero-order valence-corrected chi connectivity index (χ0v) is 7.03. The molecule has 2 nitrogen and oxygen atoms in total. The first-order valence-electron chi connectivity index (χ1n) is 3.17. The molecule has 58 valence electrons. The third-order valence-corrected chi connectivity index (χ3v) is 2.03. The third-order valence-electron chi connectivity index (χ3n) is 1.75. The lowest BCUT2D eigenvalue weighted by Crippen LogP contribution is -2.13. The SMILES string of the molecule is CC1=C(C)C(=O)C(Cl)=CC1=O. The molecule has 0 aromatic rings. The maximum Gasteiger partial charge on any atom is 0.200 e. The summed E-state index contributed by atoms with van der Waals surface area (Å²) in [4.78, 5) is 22.1. The Hall–Kier alpha value is -0.890. The van der Waals surface area contributed by atoms with Gasteiger partial charge in [0, 0.05) is 17.2 Å². The largest absolute Gasteiger partial charge is 0.290 e. The van der Waals surface area contributed by atoms with Crippen molar-refractivity contribution < 1.29 is 9.59 Å². The summed E-state index contributed by atoms with van der Waals surface area (Å²) in [6.45, 7) is 3.22. The lowest BCUT2D eigenvalue weighted by Gasteiger charge is -2.08. The maximum atomic E-state index is 11.1. The molecule has 0 bridgehead atoms. The number of halogens is 1. The molecule has 0 fully saturated rings. The van der Waals surface area contributed by atoms with Gasteiger partial charge < -0.3 is 0 Å². The van der Waals surface area contributed by atoms with Crippen LogP contribution in [0, 0.1) is 0 Å². The van der Waals surface area contributed by atoms with Gasteiger partial charge in [0.2, 0.25) is 5.78 Å². The fraction of sp³-hybridized carbons (Fsp3) is 0.250. The van der Waals surface area contributed by atoms with Crippen LogP contribution in [0.4, 0.5) is 0 Å². The molecule has 0 spiro atoms. The van der Waals surface area contributed by atoms with E-state index in [0.717, 1.165) is 6.08 Å². The summed E-state index contributed by atoms with van der Waals surface area (Å²) in [6, 6.07) is 0. The molecule has 0 radical (unpaired) electrons. The Morgan fingerprint density at radius 3 is 2.27 bits per heavy atom.